The molecule has 0 radical (unpaired) electrons. The normalized spacial score (nSPS) is 12.9. The van der Waals surface area contributed by atoms with E-state index in [4.69, 9.17) is 5.84 Å². The fraction of sp³-hybridized carbons (Fsp3) is 0.455. The van der Waals surface area contributed by atoms with Crippen LogP contribution in [-0.4, -0.2) is 19.3 Å². The molecule has 98 valence electrons. The SMILES string of the molecule is CCCn1ncc(Br)c1C(NN)c1cn(C)cn1. The monoisotopic (exact) mass is 312 g/mol. The van der Waals surface area contributed by atoms with Crippen molar-refractivity contribution < 1.29 is 0 Å². The zero-order valence-corrected chi connectivity index (χ0v) is 12.1. The third-order valence-electron chi connectivity index (χ3n) is 2.73. The van der Waals surface area contributed by atoms with Gasteiger partial charge >= 0.3 is 0 Å². The lowest BCUT2D eigenvalue weighted by molar-refractivity contribution is 0.514. The molecule has 0 aliphatic heterocycles. The molecule has 0 saturated carbocycles. The van der Waals surface area contributed by atoms with E-state index in [1.54, 1.807) is 12.5 Å². The smallest absolute Gasteiger partial charge is 0.108 e. The number of aromatic nitrogens is 4. The number of hydrogen-bond acceptors (Lipinski definition) is 4. The highest BCUT2D eigenvalue weighted by atomic mass is 79.9. The number of rotatable bonds is 5. The van der Waals surface area contributed by atoms with Crippen LogP contribution >= 0.6 is 15.9 Å². The molecule has 0 spiro atoms. The maximum Gasteiger partial charge on any atom is 0.108 e. The number of hydrogen-bond donors (Lipinski definition) is 2. The Morgan fingerprint density at radius 1 is 1.56 bits per heavy atom. The molecule has 18 heavy (non-hydrogen) atoms. The van der Waals surface area contributed by atoms with Crippen molar-refractivity contribution in [3.8, 4) is 0 Å². The zero-order chi connectivity index (χ0) is 13.1. The van der Waals surface area contributed by atoms with Crippen LogP contribution in [0.25, 0.3) is 0 Å². The molecule has 0 aliphatic carbocycles. The van der Waals surface area contributed by atoms with Crippen molar-refractivity contribution in [3.05, 3.63) is 34.6 Å². The summed E-state index contributed by atoms with van der Waals surface area (Å²) in [6.45, 7) is 2.97. The third kappa shape index (κ3) is 2.47. The second kappa shape index (κ2) is 5.64. The lowest BCUT2D eigenvalue weighted by Crippen LogP contribution is -2.31. The van der Waals surface area contributed by atoms with Gasteiger partial charge in [0.25, 0.3) is 0 Å². The van der Waals surface area contributed by atoms with Crippen LogP contribution < -0.4 is 11.3 Å². The summed E-state index contributed by atoms with van der Waals surface area (Å²) >= 11 is 3.52. The molecule has 1 unspecified atom stereocenters. The van der Waals surface area contributed by atoms with Gasteiger partial charge in [-0.25, -0.2) is 10.4 Å². The van der Waals surface area contributed by atoms with E-state index in [9.17, 15) is 0 Å². The van der Waals surface area contributed by atoms with Gasteiger partial charge in [-0.2, -0.15) is 5.10 Å². The van der Waals surface area contributed by atoms with Gasteiger partial charge < -0.3 is 4.57 Å². The van der Waals surface area contributed by atoms with Crippen molar-refractivity contribution in [1.29, 1.82) is 0 Å². The molecule has 7 heteroatoms. The van der Waals surface area contributed by atoms with Crippen molar-refractivity contribution in [2.24, 2.45) is 12.9 Å². The summed E-state index contributed by atoms with van der Waals surface area (Å²) in [4.78, 5) is 4.34. The van der Waals surface area contributed by atoms with Crippen molar-refractivity contribution in [2.75, 3.05) is 0 Å². The van der Waals surface area contributed by atoms with Crippen LogP contribution in [0.15, 0.2) is 23.2 Å². The maximum atomic E-state index is 5.68. The first-order valence-corrected chi connectivity index (χ1v) is 6.61. The fourth-order valence-corrected chi connectivity index (χ4v) is 2.46. The van der Waals surface area contributed by atoms with E-state index in [0.29, 0.717) is 0 Å². The molecule has 0 amide bonds. The van der Waals surface area contributed by atoms with E-state index in [0.717, 1.165) is 28.8 Å². The summed E-state index contributed by atoms with van der Waals surface area (Å²) in [6, 6.07) is -0.172. The number of halogens is 1. The molecule has 2 heterocycles. The Labute approximate surface area is 114 Å². The van der Waals surface area contributed by atoms with Gasteiger partial charge in [-0.15, -0.1) is 0 Å². The van der Waals surface area contributed by atoms with Gasteiger partial charge in [-0.05, 0) is 22.4 Å². The predicted molar refractivity (Wildman–Crippen MR) is 72.6 cm³/mol. The average Bonchev–Trinajstić information content (AvgIpc) is 2.91. The summed E-state index contributed by atoms with van der Waals surface area (Å²) < 4.78 is 4.78. The summed E-state index contributed by atoms with van der Waals surface area (Å²) in [5.74, 6) is 5.68. The lowest BCUT2D eigenvalue weighted by atomic mass is 10.1. The standard InChI is InChI=1S/C11H17BrN6/c1-3-4-18-11(8(12)5-15-18)10(16-13)9-6-17(2)7-14-9/h5-7,10,16H,3-4,13H2,1-2H3. The van der Waals surface area contributed by atoms with Gasteiger partial charge in [0.05, 0.1) is 28.4 Å². The molecular weight excluding hydrogens is 296 g/mol. The zero-order valence-electron chi connectivity index (χ0n) is 10.5. The van der Waals surface area contributed by atoms with Crippen LogP contribution in [0.2, 0.25) is 0 Å². The topological polar surface area (TPSA) is 73.7 Å². The Bertz CT molecular complexity index is 517. The van der Waals surface area contributed by atoms with Crippen LogP contribution in [-0.2, 0) is 13.6 Å². The number of hydrazine groups is 1. The molecule has 0 aromatic carbocycles. The van der Waals surface area contributed by atoms with Crippen LogP contribution in [0.3, 0.4) is 0 Å². The minimum absolute atomic E-state index is 0.172. The third-order valence-corrected chi connectivity index (χ3v) is 3.34. The molecule has 0 fully saturated rings. The Hall–Kier alpha value is -1.18. The molecule has 0 aliphatic rings. The molecule has 2 aromatic rings. The van der Waals surface area contributed by atoms with E-state index in [-0.39, 0.29) is 6.04 Å². The minimum Gasteiger partial charge on any atom is -0.340 e. The molecule has 2 aromatic heterocycles. The van der Waals surface area contributed by atoms with Crippen LogP contribution in [0.1, 0.15) is 30.8 Å². The summed E-state index contributed by atoms with van der Waals surface area (Å²) in [7, 11) is 1.93. The van der Waals surface area contributed by atoms with E-state index >= 15 is 0 Å². The van der Waals surface area contributed by atoms with Gasteiger partial charge in [0.1, 0.15) is 6.04 Å². The Kier molecular flexibility index (Phi) is 4.15. The van der Waals surface area contributed by atoms with Gasteiger partial charge in [0.2, 0.25) is 0 Å². The summed E-state index contributed by atoms with van der Waals surface area (Å²) in [5, 5.41) is 4.35. The van der Waals surface area contributed by atoms with Gasteiger partial charge in [0, 0.05) is 19.8 Å². The number of nitrogens with zero attached hydrogens (tertiary/aromatic N) is 4. The second-order valence-electron chi connectivity index (χ2n) is 4.16. The highest BCUT2D eigenvalue weighted by Gasteiger charge is 2.22. The maximum absolute atomic E-state index is 5.68. The van der Waals surface area contributed by atoms with E-state index < -0.39 is 0 Å². The Morgan fingerprint density at radius 3 is 2.89 bits per heavy atom. The first kappa shape index (κ1) is 13.3. The summed E-state index contributed by atoms with van der Waals surface area (Å²) in [6.07, 6.45) is 6.51. The predicted octanol–water partition coefficient (Wildman–Crippen LogP) is 1.34. The van der Waals surface area contributed by atoms with Crippen molar-refractivity contribution >= 4 is 15.9 Å². The lowest BCUT2D eigenvalue weighted by Gasteiger charge is -2.16. The fourth-order valence-electron chi connectivity index (χ4n) is 1.94. The minimum atomic E-state index is -0.172. The molecule has 0 saturated heterocycles. The quantitative estimate of drug-likeness (QED) is 0.645. The first-order chi connectivity index (χ1) is 8.67. The molecule has 2 rings (SSSR count). The summed E-state index contributed by atoms with van der Waals surface area (Å²) in [5.41, 5.74) is 4.68. The van der Waals surface area contributed by atoms with Crippen LogP contribution in [0.4, 0.5) is 0 Å². The van der Waals surface area contributed by atoms with E-state index in [1.165, 1.54) is 0 Å². The van der Waals surface area contributed by atoms with Crippen molar-refractivity contribution in [2.45, 2.75) is 25.9 Å². The molecular formula is C11H17BrN6. The van der Waals surface area contributed by atoms with E-state index in [2.05, 4.69) is 38.4 Å². The molecule has 0 bridgehead atoms. The van der Waals surface area contributed by atoms with Crippen molar-refractivity contribution in [3.63, 3.8) is 0 Å². The van der Waals surface area contributed by atoms with E-state index in [1.807, 2.05) is 22.5 Å². The van der Waals surface area contributed by atoms with Crippen LogP contribution in [0, 0.1) is 0 Å². The first-order valence-electron chi connectivity index (χ1n) is 5.82. The Morgan fingerprint density at radius 2 is 2.33 bits per heavy atom. The van der Waals surface area contributed by atoms with Gasteiger partial charge in [0.15, 0.2) is 0 Å². The Balaban J connectivity index is 2.41. The molecule has 1 atom stereocenters. The number of aryl methyl sites for hydroxylation is 2. The highest BCUT2D eigenvalue weighted by Crippen LogP contribution is 2.27. The molecule has 3 N–H and O–H groups in total. The van der Waals surface area contributed by atoms with Crippen LogP contribution in [0.5, 0.6) is 0 Å². The van der Waals surface area contributed by atoms with Gasteiger partial charge in [-0.3, -0.25) is 10.5 Å². The molecule has 6 nitrogen and oxygen atoms in total. The second-order valence-corrected chi connectivity index (χ2v) is 5.02. The number of nitrogens with one attached hydrogen (secondary N) is 1. The van der Waals surface area contributed by atoms with Gasteiger partial charge in [-0.1, -0.05) is 6.92 Å². The number of imidazole rings is 1. The van der Waals surface area contributed by atoms with Crippen molar-refractivity contribution in [1.82, 2.24) is 24.8 Å². The highest BCUT2D eigenvalue weighted by molar-refractivity contribution is 9.10. The largest absolute Gasteiger partial charge is 0.340 e. The number of nitrogens with two attached hydrogens (primary N) is 1. The average molecular weight is 313 g/mol.